The van der Waals surface area contributed by atoms with Gasteiger partial charge in [-0.25, -0.2) is 0 Å². The topological polar surface area (TPSA) is 72.4 Å². The van der Waals surface area contributed by atoms with Crippen LogP contribution in [0.25, 0.3) is 10.9 Å². The molecule has 1 amide bonds. The van der Waals surface area contributed by atoms with Gasteiger partial charge in [-0.05, 0) is 63.0 Å². The van der Waals surface area contributed by atoms with Gasteiger partial charge >= 0.3 is 5.97 Å². The number of esters is 1. The van der Waals surface area contributed by atoms with Crippen molar-refractivity contribution >= 4 is 28.5 Å². The number of hydrogen-bond donors (Lipinski definition) is 2. The molecule has 2 heterocycles. The van der Waals surface area contributed by atoms with Gasteiger partial charge in [-0.2, -0.15) is 0 Å². The van der Waals surface area contributed by atoms with E-state index in [-0.39, 0.29) is 18.4 Å². The second-order valence-corrected chi connectivity index (χ2v) is 6.47. The molecule has 0 saturated carbocycles. The monoisotopic (exact) mass is 343 g/mol. The van der Waals surface area contributed by atoms with Crippen LogP contribution < -0.4 is 10.6 Å². The Bertz CT molecular complexity index is 747. The van der Waals surface area contributed by atoms with Crippen LogP contribution in [0.15, 0.2) is 30.5 Å². The van der Waals surface area contributed by atoms with E-state index in [0.717, 1.165) is 42.5 Å². The second kappa shape index (κ2) is 8.16. The molecule has 6 heteroatoms. The van der Waals surface area contributed by atoms with E-state index in [2.05, 4.69) is 10.6 Å². The van der Waals surface area contributed by atoms with Crippen molar-refractivity contribution in [2.24, 2.45) is 5.92 Å². The fraction of sp³-hybridized carbons (Fsp3) is 0.474. The van der Waals surface area contributed by atoms with E-state index < -0.39 is 0 Å². The van der Waals surface area contributed by atoms with Crippen LogP contribution >= 0.6 is 0 Å². The Hall–Kier alpha value is -2.34. The molecule has 0 aliphatic carbocycles. The summed E-state index contributed by atoms with van der Waals surface area (Å²) in [5.74, 6) is 0.418. The second-order valence-electron chi connectivity index (χ2n) is 6.47. The number of rotatable bonds is 7. The van der Waals surface area contributed by atoms with E-state index in [1.54, 1.807) is 6.92 Å². The van der Waals surface area contributed by atoms with Gasteiger partial charge in [-0.3, -0.25) is 9.59 Å². The number of hydrogen-bond acceptors (Lipinski definition) is 4. The normalized spacial score (nSPS) is 16.9. The van der Waals surface area contributed by atoms with Crippen LogP contribution in [-0.4, -0.2) is 36.1 Å². The minimum atomic E-state index is -0.251. The molecule has 3 rings (SSSR count). The Morgan fingerprint density at radius 1 is 1.36 bits per heavy atom. The molecular weight excluding hydrogens is 318 g/mol. The largest absolute Gasteiger partial charge is 0.465 e. The SMILES string of the molecule is CCOC(=O)Cn1ccc2cc(NC(=O)CCC3CCNC3)ccc21. The number of aromatic nitrogens is 1. The summed E-state index contributed by atoms with van der Waals surface area (Å²) >= 11 is 0. The van der Waals surface area contributed by atoms with Crippen molar-refractivity contribution in [3.63, 3.8) is 0 Å². The molecule has 1 saturated heterocycles. The number of ether oxygens (including phenoxy) is 1. The minimum Gasteiger partial charge on any atom is -0.465 e. The average molecular weight is 343 g/mol. The fourth-order valence-electron chi connectivity index (χ4n) is 3.28. The summed E-state index contributed by atoms with van der Waals surface area (Å²) in [5.41, 5.74) is 1.74. The Morgan fingerprint density at radius 3 is 3.00 bits per heavy atom. The van der Waals surface area contributed by atoms with E-state index in [1.807, 2.05) is 35.0 Å². The molecular formula is C19H25N3O3. The van der Waals surface area contributed by atoms with Crippen molar-refractivity contribution in [2.75, 3.05) is 25.0 Å². The first-order valence-corrected chi connectivity index (χ1v) is 8.91. The summed E-state index contributed by atoms with van der Waals surface area (Å²) in [6.45, 7) is 4.45. The zero-order chi connectivity index (χ0) is 17.6. The number of amides is 1. The number of fused-ring (bicyclic) bond motifs is 1. The van der Waals surface area contributed by atoms with Crippen LogP contribution in [0.4, 0.5) is 5.69 Å². The van der Waals surface area contributed by atoms with Crippen LogP contribution in [0, 0.1) is 5.92 Å². The van der Waals surface area contributed by atoms with Crippen molar-refractivity contribution in [3.8, 4) is 0 Å². The Morgan fingerprint density at radius 2 is 2.24 bits per heavy atom. The predicted octanol–water partition coefficient (Wildman–Crippen LogP) is 2.53. The van der Waals surface area contributed by atoms with Crippen molar-refractivity contribution in [2.45, 2.75) is 32.7 Å². The fourth-order valence-corrected chi connectivity index (χ4v) is 3.28. The lowest BCUT2D eigenvalue weighted by atomic mass is 10.0. The first-order valence-electron chi connectivity index (χ1n) is 8.91. The van der Waals surface area contributed by atoms with Crippen molar-refractivity contribution in [1.29, 1.82) is 0 Å². The summed E-state index contributed by atoms with van der Waals surface area (Å²) < 4.78 is 6.84. The molecule has 2 aromatic rings. The van der Waals surface area contributed by atoms with E-state index >= 15 is 0 Å². The summed E-state index contributed by atoms with van der Waals surface area (Å²) in [7, 11) is 0. The van der Waals surface area contributed by atoms with E-state index in [0.29, 0.717) is 18.9 Å². The van der Waals surface area contributed by atoms with Gasteiger partial charge in [-0.1, -0.05) is 0 Å². The number of nitrogens with one attached hydrogen (secondary N) is 2. The van der Waals surface area contributed by atoms with Crippen molar-refractivity contribution in [1.82, 2.24) is 9.88 Å². The van der Waals surface area contributed by atoms with E-state index in [4.69, 9.17) is 4.74 Å². The van der Waals surface area contributed by atoms with Crippen LogP contribution in [0.2, 0.25) is 0 Å². The van der Waals surface area contributed by atoms with Gasteiger partial charge in [0.25, 0.3) is 0 Å². The minimum absolute atomic E-state index is 0.0530. The average Bonchev–Trinajstić information content (AvgIpc) is 3.23. The molecule has 1 fully saturated rings. The third-order valence-corrected chi connectivity index (χ3v) is 4.60. The maximum atomic E-state index is 12.1. The molecule has 2 N–H and O–H groups in total. The zero-order valence-corrected chi connectivity index (χ0v) is 14.6. The van der Waals surface area contributed by atoms with Crippen molar-refractivity contribution < 1.29 is 14.3 Å². The predicted molar refractivity (Wildman–Crippen MR) is 97.4 cm³/mol. The van der Waals surface area contributed by atoms with Crippen LogP contribution in [0.5, 0.6) is 0 Å². The Labute approximate surface area is 147 Å². The van der Waals surface area contributed by atoms with Crippen molar-refractivity contribution in [3.05, 3.63) is 30.5 Å². The Balaban J connectivity index is 1.59. The van der Waals surface area contributed by atoms with Crippen LogP contribution in [0.1, 0.15) is 26.2 Å². The summed E-state index contributed by atoms with van der Waals surface area (Å²) in [6.07, 6.45) is 4.50. The first kappa shape index (κ1) is 17.5. The van der Waals surface area contributed by atoms with E-state index in [9.17, 15) is 9.59 Å². The van der Waals surface area contributed by atoms with Crippen LogP contribution in [0.3, 0.4) is 0 Å². The highest BCUT2D eigenvalue weighted by atomic mass is 16.5. The molecule has 1 aromatic carbocycles. The van der Waals surface area contributed by atoms with E-state index in [1.165, 1.54) is 0 Å². The zero-order valence-electron chi connectivity index (χ0n) is 14.6. The molecule has 134 valence electrons. The summed E-state index contributed by atoms with van der Waals surface area (Å²) in [6, 6.07) is 7.67. The molecule has 0 spiro atoms. The maximum Gasteiger partial charge on any atom is 0.325 e. The highest BCUT2D eigenvalue weighted by Gasteiger charge is 2.16. The third-order valence-electron chi connectivity index (χ3n) is 4.60. The number of carbonyl (C=O) groups excluding carboxylic acids is 2. The smallest absolute Gasteiger partial charge is 0.325 e. The lowest BCUT2D eigenvalue weighted by molar-refractivity contribution is -0.143. The van der Waals surface area contributed by atoms with Gasteiger partial charge in [0.2, 0.25) is 5.91 Å². The third kappa shape index (κ3) is 4.60. The molecule has 0 radical (unpaired) electrons. The molecule has 1 aliphatic rings. The summed E-state index contributed by atoms with van der Waals surface area (Å²) in [4.78, 5) is 23.8. The number of benzene rings is 1. The lowest BCUT2D eigenvalue weighted by Crippen LogP contribution is -2.15. The highest BCUT2D eigenvalue weighted by molar-refractivity contribution is 5.94. The number of anilines is 1. The molecule has 6 nitrogen and oxygen atoms in total. The number of carbonyl (C=O) groups is 2. The van der Waals surface area contributed by atoms with Gasteiger partial charge in [0.1, 0.15) is 6.54 Å². The molecule has 1 unspecified atom stereocenters. The lowest BCUT2D eigenvalue weighted by Gasteiger charge is -2.09. The molecule has 1 atom stereocenters. The van der Waals surface area contributed by atoms with Crippen LogP contribution in [-0.2, 0) is 20.9 Å². The van der Waals surface area contributed by atoms with Gasteiger partial charge in [0, 0.05) is 29.2 Å². The van der Waals surface area contributed by atoms with Gasteiger partial charge < -0.3 is 19.9 Å². The number of nitrogens with zero attached hydrogens (tertiary/aromatic N) is 1. The first-order chi connectivity index (χ1) is 12.2. The standard InChI is InChI=1S/C19H25N3O3/c1-2-25-19(24)13-22-10-8-15-11-16(4-5-17(15)22)21-18(23)6-3-14-7-9-20-12-14/h4-5,8,10-11,14,20H,2-3,6-7,9,12-13H2,1H3,(H,21,23). The highest BCUT2D eigenvalue weighted by Crippen LogP contribution is 2.21. The Kier molecular flexibility index (Phi) is 5.71. The van der Waals surface area contributed by atoms with Gasteiger partial charge in [0.05, 0.1) is 6.61 Å². The molecule has 0 bridgehead atoms. The quantitative estimate of drug-likeness (QED) is 0.758. The van der Waals surface area contributed by atoms with Gasteiger partial charge in [0.15, 0.2) is 0 Å². The summed E-state index contributed by atoms with van der Waals surface area (Å²) in [5, 5.41) is 7.28. The molecule has 1 aromatic heterocycles. The maximum absolute atomic E-state index is 12.1. The molecule has 25 heavy (non-hydrogen) atoms. The van der Waals surface area contributed by atoms with Gasteiger partial charge in [-0.15, -0.1) is 0 Å². The molecule has 1 aliphatic heterocycles.